The van der Waals surface area contributed by atoms with E-state index in [0.717, 1.165) is 43.6 Å². The van der Waals surface area contributed by atoms with Crippen molar-refractivity contribution in [1.82, 2.24) is 25.7 Å². The summed E-state index contributed by atoms with van der Waals surface area (Å²) in [6.07, 6.45) is 6.00. The van der Waals surface area contributed by atoms with Crippen LogP contribution in [0.15, 0.2) is 40.1 Å². The molecule has 2 aromatic heterocycles. The maximum atomic E-state index is 5.66. The summed E-state index contributed by atoms with van der Waals surface area (Å²) in [6.45, 7) is 6.47. The summed E-state index contributed by atoms with van der Waals surface area (Å²) in [4.78, 5) is 7.09. The van der Waals surface area contributed by atoms with Crippen LogP contribution in [0.5, 0.6) is 0 Å². The van der Waals surface area contributed by atoms with E-state index in [1.54, 1.807) is 12.5 Å². The van der Waals surface area contributed by atoms with Crippen LogP contribution in [0.1, 0.15) is 37.3 Å². The van der Waals surface area contributed by atoms with Crippen molar-refractivity contribution < 1.29 is 4.42 Å². The van der Waals surface area contributed by atoms with Crippen LogP contribution in [0.2, 0.25) is 0 Å². The number of H-pyrrole nitrogens is 1. The zero-order valence-corrected chi connectivity index (χ0v) is 16.9. The molecule has 1 saturated heterocycles. The van der Waals surface area contributed by atoms with Crippen LogP contribution in [0.3, 0.4) is 0 Å². The molecule has 0 spiro atoms. The first-order valence-electron chi connectivity index (χ1n) is 8.64. The molecule has 7 nitrogen and oxygen atoms in total. The van der Waals surface area contributed by atoms with Crippen molar-refractivity contribution in [2.45, 2.75) is 32.4 Å². The van der Waals surface area contributed by atoms with Gasteiger partial charge in [-0.05, 0) is 51.1 Å². The van der Waals surface area contributed by atoms with Gasteiger partial charge in [0.25, 0.3) is 0 Å². The molecule has 1 atom stereocenters. The summed E-state index contributed by atoms with van der Waals surface area (Å²) in [5.74, 6) is 1.82. The number of furan rings is 1. The average Bonchev–Trinajstić information content (AvgIpc) is 3.35. The number of nitrogens with one attached hydrogen (secondary N) is 3. The number of aromatic amines is 1. The standard InChI is InChI=1S/C17H26N6O.HI/c1-2-18-17(19-12-14-7-8-21-22-14)20-13-15(16-6-5-11-24-16)23-9-3-4-10-23;/h5-8,11,15H,2-4,9-10,12-13H2,1H3,(H,21,22)(H2,18,19,20);1H. The van der Waals surface area contributed by atoms with Crippen molar-refractivity contribution in [3.63, 3.8) is 0 Å². The third-order valence-electron chi connectivity index (χ3n) is 4.23. The van der Waals surface area contributed by atoms with Crippen molar-refractivity contribution in [2.75, 3.05) is 26.2 Å². The van der Waals surface area contributed by atoms with Crippen molar-refractivity contribution in [1.29, 1.82) is 0 Å². The molecule has 2 aromatic rings. The molecule has 0 radical (unpaired) electrons. The Morgan fingerprint density at radius 1 is 1.36 bits per heavy atom. The number of aliphatic imine (C=N–C) groups is 1. The van der Waals surface area contributed by atoms with Crippen LogP contribution in [0.4, 0.5) is 0 Å². The summed E-state index contributed by atoms with van der Waals surface area (Å²) in [7, 11) is 0. The second kappa shape index (κ2) is 10.4. The van der Waals surface area contributed by atoms with Gasteiger partial charge in [0.15, 0.2) is 5.96 Å². The lowest BCUT2D eigenvalue weighted by Crippen LogP contribution is -2.42. The predicted octanol–water partition coefficient (Wildman–Crippen LogP) is 2.51. The minimum Gasteiger partial charge on any atom is -0.468 e. The molecule has 1 aliphatic heterocycles. The zero-order chi connectivity index (χ0) is 16.6. The minimum atomic E-state index is 0. The molecule has 0 aromatic carbocycles. The number of hydrogen-bond acceptors (Lipinski definition) is 4. The molecule has 0 aliphatic carbocycles. The molecule has 1 fully saturated rings. The normalized spacial score (nSPS) is 16.4. The van der Waals surface area contributed by atoms with Crippen LogP contribution in [0.25, 0.3) is 0 Å². The Balaban J connectivity index is 0.00000225. The lowest BCUT2D eigenvalue weighted by atomic mass is 10.2. The fraction of sp³-hybridized carbons (Fsp3) is 0.529. The summed E-state index contributed by atoms with van der Waals surface area (Å²) in [6, 6.07) is 6.18. The Morgan fingerprint density at radius 3 is 2.84 bits per heavy atom. The van der Waals surface area contributed by atoms with Gasteiger partial charge in [0.2, 0.25) is 0 Å². The molecule has 3 N–H and O–H groups in total. The molecule has 138 valence electrons. The van der Waals surface area contributed by atoms with Gasteiger partial charge in [0.1, 0.15) is 5.76 Å². The van der Waals surface area contributed by atoms with E-state index in [2.05, 4.69) is 43.7 Å². The number of guanidine groups is 1. The molecular weight excluding hydrogens is 431 g/mol. The maximum absolute atomic E-state index is 5.66. The van der Waals surface area contributed by atoms with Crippen molar-refractivity contribution in [3.05, 3.63) is 42.1 Å². The number of rotatable bonds is 7. The Kier molecular flexibility index (Phi) is 8.26. The summed E-state index contributed by atoms with van der Waals surface area (Å²) < 4.78 is 5.66. The molecule has 0 bridgehead atoms. The molecule has 0 saturated carbocycles. The first kappa shape index (κ1) is 19.8. The highest BCUT2D eigenvalue weighted by atomic mass is 127. The molecule has 8 heteroatoms. The smallest absolute Gasteiger partial charge is 0.191 e. The van der Waals surface area contributed by atoms with Crippen LogP contribution >= 0.6 is 24.0 Å². The molecule has 0 amide bonds. The number of hydrogen-bond donors (Lipinski definition) is 3. The Bertz CT molecular complexity index is 607. The first-order chi connectivity index (χ1) is 11.9. The molecular formula is C17H27IN6O. The highest BCUT2D eigenvalue weighted by Crippen LogP contribution is 2.24. The van der Waals surface area contributed by atoms with Gasteiger partial charge in [0.05, 0.1) is 24.5 Å². The molecule has 3 heterocycles. The van der Waals surface area contributed by atoms with Gasteiger partial charge in [-0.25, -0.2) is 4.99 Å². The second-order valence-corrected chi connectivity index (χ2v) is 5.93. The van der Waals surface area contributed by atoms with Crippen LogP contribution < -0.4 is 10.6 Å². The monoisotopic (exact) mass is 458 g/mol. The van der Waals surface area contributed by atoms with E-state index in [0.29, 0.717) is 6.54 Å². The summed E-state index contributed by atoms with van der Waals surface area (Å²) in [5, 5.41) is 13.6. The number of aromatic nitrogens is 2. The second-order valence-electron chi connectivity index (χ2n) is 5.93. The third-order valence-corrected chi connectivity index (χ3v) is 4.23. The Hall–Kier alpha value is -1.55. The van der Waals surface area contributed by atoms with E-state index in [1.165, 1.54) is 12.8 Å². The first-order valence-corrected chi connectivity index (χ1v) is 8.64. The van der Waals surface area contributed by atoms with E-state index in [4.69, 9.17) is 4.42 Å². The molecule has 25 heavy (non-hydrogen) atoms. The Morgan fingerprint density at radius 2 is 2.20 bits per heavy atom. The van der Waals surface area contributed by atoms with Crippen molar-refractivity contribution in [2.24, 2.45) is 4.99 Å². The predicted molar refractivity (Wildman–Crippen MR) is 109 cm³/mol. The van der Waals surface area contributed by atoms with E-state index < -0.39 is 0 Å². The van der Waals surface area contributed by atoms with Gasteiger partial charge in [-0.1, -0.05) is 0 Å². The largest absolute Gasteiger partial charge is 0.468 e. The topological polar surface area (TPSA) is 81.5 Å². The van der Waals surface area contributed by atoms with Gasteiger partial charge >= 0.3 is 0 Å². The van der Waals surface area contributed by atoms with Gasteiger partial charge in [-0.2, -0.15) is 5.10 Å². The quantitative estimate of drug-likeness (QED) is 0.338. The fourth-order valence-corrected chi connectivity index (χ4v) is 3.02. The Labute approximate surface area is 165 Å². The molecule has 3 rings (SSSR count). The molecule has 1 unspecified atom stereocenters. The van der Waals surface area contributed by atoms with E-state index >= 15 is 0 Å². The van der Waals surface area contributed by atoms with Crippen molar-refractivity contribution >= 4 is 29.9 Å². The van der Waals surface area contributed by atoms with Crippen molar-refractivity contribution in [3.8, 4) is 0 Å². The number of halogens is 1. The lowest BCUT2D eigenvalue weighted by molar-refractivity contribution is 0.215. The minimum absolute atomic E-state index is 0. The summed E-state index contributed by atoms with van der Waals surface area (Å²) in [5.41, 5.74) is 0.995. The van der Waals surface area contributed by atoms with Crippen LogP contribution in [-0.2, 0) is 6.54 Å². The average molecular weight is 458 g/mol. The summed E-state index contributed by atoms with van der Waals surface area (Å²) >= 11 is 0. The van der Waals surface area contributed by atoms with E-state index in [-0.39, 0.29) is 30.0 Å². The van der Waals surface area contributed by atoms with Crippen LogP contribution in [-0.4, -0.2) is 47.2 Å². The SMILES string of the molecule is CCNC(=NCc1ccn[nH]1)NCC(c1ccco1)N1CCCC1.I. The highest BCUT2D eigenvalue weighted by molar-refractivity contribution is 14.0. The highest BCUT2D eigenvalue weighted by Gasteiger charge is 2.25. The van der Waals surface area contributed by atoms with Gasteiger partial charge in [-0.3, -0.25) is 10.00 Å². The van der Waals surface area contributed by atoms with Gasteiger partial charge in [-0.15, -0.1) is 24.0 Å². The van der Waals surface area contributed by atoms with Crippen LogP contribution in [0, 0.1) is 0 Å². The number of likely N-dealkylation sites (tertiary alicyclic amines) is 1. The zero-order valence-electron chi connectivity index (χ0n) is 14.6. The molecule has 1 aliphatic rings. The maximum Gasteiger partial charge on any atom is 0.191 e. The fourth-order valence-electron chi connectivity index (χ4n) is 3.02. The lowest BCUT2D eigenvalue weighted by Gasteiger charge is -2.26. The third kappa shape index (κ3) is 5.74. The van der Waals surface area contributed by atoms with E-state index in [9.17, 15) is 0 Å². The number of nitrogens with zero attached hydrogens (tertiary/aromatic N) is 3. The van der Waals surface area contributed by atoms with E-state index in [1.807, 2.05) is 12.1 Å². The van der Waals surface area contributed by atoms with Gasteiger partial charge < -0.3 is 15.1 Å². The van der Waals surface area contributed by atoms with Gasteiger partial charge in [0, 0.05) is 19.3 Å².